The van der Waals surface area contributed by atoms with E-state index in [1.165, 1.54) is 12.1 Å². The molecule has 0 saturated carbocycles. The molecule has 2 rings (SSSR count). The lowest BCUT2D eigenvalue weighted by atomic mass is 9.99. The van der Waals surface area contributed by atoms with Crippen molar-refractivity contribution in [1.82, 2.24) is 0 Å². The molecular weight excluding hydrogens is 318 g/mol. The Hall–Kier alpha value is -1.81. The molecular formula is C16H16BrNO2. The van der Waals surface area contributed by atoms with Gasteiger partial charge in [0.25, 0.3) is 0 Å². The van der Waals surface area contributed by atoms with E-state index in [0.717, 1.165) is 10.2 Å². The number of Topliss-reactive ketones (excluding diaryl/α,β-unsaturated/α-hetero) is 1. The molecule has 0 radical (unpaired) electrons. The Bertz CT molecular complexity index is 578. The Morgan fingerprint density at radius 3 is 2.35 bits per heavy atom. The van der Waals surface area contributed by atoms with Crippen LogP contribution in [-0.2, 0) is 0 Å². The van der Waals surface area contributed by atoms with E-state index in [0.29, 0.717) is 12.1 Å². The monoisotopic (exact) mass is 333 g/mol. The van der Waals surface area contributed by atoms with E-state index in [-0.39, 0.29) is 17.5 Å². The van der Waals surface area contributed by atoms with Gasteiger partial charge in [0.15, 0.2) is 5.78 Å². The summed E-state index contributed by atoms with van der Waals surface area (Å²) < 4.78 is 1.02. The fraction of sp³-hybridized carbons (Fsp3) is 0.188. The zero-order valence-corrected chi connectivity index (χ0v) is 12.7. The van der Waals surface area contributed by atoms with Gasteiger partial charge in [-0.05, 0) is 48.5 Å². The van der Waals surface area contributed by atoms with Gasteiger partial charge in [-0.15, -0.1) is 0 Å². The summed E-state index contributed by atoms with van der Waals surface area (Å²) in [4.78, 5) is 12.2. The quantitative estimate of drug-likeness (QED) is 0.810. The molecule has 2 N–H and O–H groups in total. The molecule has 0 amide bonds. The number of carbonyl (C=O) groups excluding carboxylic acids is 1. The Labute approximate surface area is 126 Å². The van der Waals surface area contributed by atoms with E-state index in [1.807, 2.05) is 31.2 Å². The van der Waals surface area contributed by atoms with Gasteiger partial charge in [-0.25, -0.2) is 0 Å². The molecule has 20 heavy (non-hydrogen) atoms. The van der Waals surface area contributed by atoms with Gasteiger partial charge in [-0.3, -0.25) is 4.79 Å². The first kappa shape index (κ1) is 14.6. The van der Waals surface area contributed by atoms with Crippen LogP contribution in [0.15, 0.2) is 53.0 Å². The highest BCUT2D eigenvalue weighted by Crippen LogP contribution is 2.16. The van der Waals surface area contributed by atoms with Crippen molar-refractivity contribution in [3.63, 3.8) is 0 Å². The molecule has 0 saturated heterocycles. The van der Waals surface area contributed by atoms with Gasteiger partial charge < -0.3 is 10.4 Å². The Morgan fingerprint density at radius 1 is 1.15 bits per heavy atom. The average molecular weight is 334 g/mol. The molecule has 2 aromatic carbocycles. The van der Waals surface area contributed by atoms with Crippen molar-refractivity contribution in [2.45, 2.75) is 6.92 Å². The maximum absolute atomic E-state index is 12.2. The van der Waals surface area contributed by atoms with Crippen molar-refractivity contribution in [2.24, 2.45) is 5.92 Å². The highest BCUT2D eigenvalue weighted by Gasteiger charge is 2.14. The minimum atomic E-state index is -0.136. The van der Waals surface area contributed by atoms with Crippen LogP contribution in [0.2, 0.25) is 0 Å². The minimum absolute atomic E-state index is 0.0645. The van der Waals surface area contributed by atoms with E-state index < -0.39 is 0 Å². The third-order valence-electron chi connectivity index (χ3n) is 3.06. The van der Waals surface area contributed by atoms with E-state index in [9.17, 15) is 9.90 Å². The molecule has 0 heterocycles. The van der Waals surface area contributed by atoms with Crippen molar-refractivity contribution in [2.75, 3.05) is 11.9 Å². The highest BCUT2D eigenvalue weighted by atomic mass is 79.9. The molecule has 0 aliphatic carbocycles. The molecule has 0 aromatic heterocycles. The van der Waals surface area contributed by atoms with Crippen molar-refractivity contribution >= 4 is 27.4 Å². The predicted molar refractivity (Wildman–Crippen MR) is 84.2 cm³/mol. The van der Waals surface area contributed by atoms with Gasteiger partial charge in [-0.2, -0.15) is 0 Å². The van der Waals surface area contributed by atoms with Crippen LogP contribution in [0.5, 0.6) is 5.75 Å². The molecule has 104 valence electrons. The SMILES string of the molecule is CC(CNc1ccc(Br)cc1)C(=O)c1ccc(O)cc1. The number of phenolic OH excluding ortho intramolecular Hbond substituents is 1. The highest BCUT2D eigenvalue weighted by molar-refractivity contribution is 9.10. The fourth-order valence-electron chi connectivity index (χ4n) is 1.84. The Balaban J connectivity index is 1.94. The summed E-state index contributed by atoms with van der Waals surface area (Å²) in [5.41, 5.74) is 1.60. The van der Waals surface area contributed by atoms with Gasteiger partial charge in [0.2, 0.25) is 0 Å². The number of rotatable bonds is 5. The molecule has 0 spiro atoms. The number of halogens is 1. The molecule has 0 fully saturated rings. The molecule has 0 aliphatic rings. The third-order valence-corrected chi connectivity index (χ3v) is 3.58. The van der Waals surface area contributed by atoms with Crippen molar-refractivity contribution in [3.05, 3.63) is 58.6 Å². The summed E-state index contributed by atoms with van der Waals surface area (Å²) in [7, 11) is 0. The van der Waals surface area contributed by atoms with Crippen molar-refractivity contribution in [3.8, 4) is 5.75 Å². The summed E-state index contributed by atoms with van der Waals surface area (Å²) in [5.74, 6) is 0.0972. The number of hydrogen-bond donors (Lipinski definition) is 2. The second kappa shape index (κ2) is 6.57. The van der Waals surface area contributed by atoms with E-state index >= 15 is 0 Å². The molecule has 0 aliphatic heterocycles. The van der Waals surface area contributed by atoms with Crippen molar-refractivity contribution in [1.29, 1.82) is 0 Å². The number of nitrogens with one attached hydrogen (secondary N) is 1. The van der Waals surface area contributed by atoms with Crippen LogP contribution in [-0.4, -0.2) is 17.4 Å². The molecule has 0 bridgehead atoms. The van der Waals surface area contributed by atoms with Crippen molar-refractivity contribution < 1.29 is 9.90 Å². The minimum Gasteiger partial charge on any atom is -0.508 e. The number of phenols is 1. The van der Waals surface area contributed by atoms with Crippen LogP contribution in [0.4, 0.5) is 5.69 Å². The van der Waals surface area contributed by atoms with Gasteiger partial charge >= 0.3 is 0 Å². The van der Waals surface area contributed by atoms with Crippen LogP contribution in [0, 0.1) is 5.92 Å². The lowest BCUT2D eigenvalue weighted by molar-refractivity contribution is 0.0936. The summed E-state index contributed by atoms with van der Waals surface area (Å²) >= 11 is 3.38. The average Bonchev–Trinajstić information content (AvgIpc) is 2.46. The van der Waals surface area contributed by atoms with Gasteiger partial charge in [0, 0.05) is 28.2 Å². The molecule has 2 aromatic rings. The second-order valence-corrected chi connectivity index (χ2v) is 5.62. The Morgan fingerprint density at radius 2 is 1.75 bits per heavy atom. The molecule has 4 heteroatoms. The number of carbonyl (C=O) groups is 1. The molecule has 1 atom stereocenters. The number of anilines is 1. The number of aromatic hydroxyl groups is 1. The smallest absolute Gasteiger partial charge is 0.167 e. The van der Waals surface area contributed by atoms with Crippen LogP contribution in [0.1, 0.15) is 17.3 Å². The topological polar surface area (TPSA) is 49.3 Å². The lowest BCUT2D eigenvalue weighted by Crippen LogP contribution is -2.20. The largest absolute Gasteiger partial charge is 0.508 e. The summed E-state index contributed by atoms with van der Waals surface area (Å²) in [5, 5.41) is 12.5. The number of ketones is 1. The van der Waals surface area contributed by atoms with E-state index in [1.54, 1.807) is 12.1 Å². The van der Waals surface area contributed by atoms with Gasteiger partial charge in [0.05, 0.1) is 0 Å². The zero-order chi connectivity index (χ0) is 14.5. The first-order chi connectivity index (χ1) is 9.56. The van der Waals surface area contributed by atoms with Crippen LogP contribution < -0.4 is 5.32 Å². The first-order valence-corrected chi connectivity index (χ1v) is 7.18. The first-order valence-electron chi connectivity index (χ1n) is 6.39. The van der Waals surface area contributed by atoms with Crippen LogP contribution in [0.3, 0.4) is 0 Å². The number of hydrogen-bond acceptors (Lipinski definition) is 3. The van der Waals surface area contributed by atoms with Gasteiger partial charge in [0.1, 0.15) is 5.75 Å². The number of benzene rings is 2. The van der Waals surface area contributed by atoms with E-state index in [2.05, 4.69) is 21.2 Å². The van der Waals surface area contributed by atoms with Crippen LogP contribution >= 0.6 is 15.9 Å². The zero-order valence-electron chi connectivity index (χ0n) is 11.1. The molecule has 3 nitrogen and oxygen atoms in total. The van der Waals surface area contributed by atoms with Gasteiger partial charge in [-0.1, -0.05) is 22.9 Å². The normalized spacial score (nSPS) is 11.9. The molecule has 1 unspecified atom stereocenters. The summed E-state index contributed by atoms with van der Waals surface area (Å²) in [6.07, 6.45) is 0. The Kier molecular flexibility index (Phi) is 4.79. The maximum Gasteiger partial charge on any atom is 0.167 e. The second-order valence-electron chi connectivity index (χ2n) is 4.70. The lowest BCUT2D eigenvalue weighted by Gasteiger charge is -2.13. The standard InChI is InChI=1S/C16H16BrNO2/c1-11(10-18-14-6-4-13(17)5-7-14)16(20)12-2-8-15(19)9-3-12/h2-9,11,18-19H,10H2,1H3. The maximum atomic E-state index is 12.2. The third kappa shape index (κ3) is 3.84. The van der Waals surface area contributed by atoms with Crippen LogP contribution in [0.25, 0.3) is 0 Å². The predicted octanol–water partition coefficient (Wildman–Crippen LogP) is 4.09. The summed E-state index contributed by atoms with van der Waals surface area (Å²) in [6.45, 7) is 2.46. The summed E-state index contributed by atoms with van der Waals surface area (Å²) in [6, 6.07) is 14.2. The van der Waals surface area contributed by atoms with E-state index in [4.69, 9.17) is 0 Å². The fourth-order valence-corrected chi connectivity index (χ4v) is 2.11.